The SMILES string of the molecule is FC1(F)CCC(n2cc(I)c3cnc(OC4CCN(c5ncccn5)CC4)cc32)CC1. The summed E-state index contributed by atoms with van der Waals surface area (Å²) in [5.41, 5.74) is 1.01. The quantitative estimate of drug-likeness (QED) is 0.426. The molecule has 0 radical (unpaired) electrons. The minimum atomic E-state index is -2.53. The highest BCUT2D eigenvalue weighted by Gasteiger charge is 2.36. The van der Waals surface area contributed by atoms with E-state index < -0.39 is 5.92 Å². The third-order valence-corrected chi connectivity index (χ3v) is 7.15. The number of fused-ring (bicyclic) bond motifs is 1. The molecule has 0 unspecified atom stereocenters. The molecule has 0 bridgehead atoms. The number of anilines is 1. The van der Waals surface area contributed by atoms with E-state index in [4.69, 9.17) is 4.74 Å². The van der Waals surface area contributed by atoms with Crippen molar-refractivity contribution in [2.45, 2.75) is 56.6 Å². The molecule has 1 aliphatic carbocycles. The molecule has 4 heterocycles. The topological polar surface area (TPSA) is 56.1 Å². The van der Waals surface area contributed by atoms with Crippen molar-refractivity contribution in [3.63, 3.8) is 0 Å². The van der Waals surface area contributed by atoms with Crippen LogP contribution in [0.1, 0.15) is 44.6 Å². The average molecular weight is 539 g/mol. The number of hydrogen-bond donors (Lipinski definition) is 0. The summed E-state index contributed by atoms with van der Waals surface area (Å²) in [6.07, 6.45) is 10.1. The summed E-state index contributed by atoms with van der Waals surface area (Å²) in [6, 6.07) is 3.88. The lowest BCUT2D eigenvalue weighted by atomic mass is 9.92. The van der Waals surface area contributed by atoms with Crippen LogP contribution in [0.5, 0.6) is 5.88 Å². The van der Waals surface area contributed by atoms with E-state index in [9.17, 15) is 8.78 Å². The van der Waals surface area contributed by atoms with Gasteiger partial charge in [0, 0.05) is 84.6 Å². The summed E-state index contributed by atoms with van der Waals surface area (Å²) in [6.45, 7) is 1.67. The Balaban J connectivity index is 1.29. The largest absolute Gasteiger partial charge is 0.474 e. The van der Waals surface area contributed by atoms with Gasteiger partial charge in [0.1, 0.15) is 6.10 Å². The van der Waals surface area contributed by atoms with Crippen molar-refractivity contribution in [3.05, 3.63) is 40.5 Å². The Morgan fingerprint density at radius 2 is 1.74 bits per heavy atom. The number of halogens is 3. The van der Waals surface area contributed by atoms with Gasteiger partial charge in [0.2, 0.25) is 17.8 Å². The maximum absolute atomic E-state index is 13.6. The first kappa shape index (κ1) is 20.8. The van der Waals surface area contributed by atoms with E-state index in [1.165, 1.54) is 0 Å². The second kappa shape index (κ2) is 8.48. The summed E-state index contributed by atoms with van der Waals surface area (Å²) in [5, 5.41) is 1.04. The molecule has 3 aromatic rings. The van der Waals surface area contributed by atoms with E-state index in [0.29, 0.717) is 18.7 Å². The number of alkyl halides is 2. The Morgan fingerprint density at radius 3 is 2.45 bits per heavy atom. The molecule has 2 fully saturated rings. The first-order valence-corrected chi connectivity index (χ1v) is 11.8. The van der Waals surface area contributed by atoms with Crippen LogP contribution in [-0.2, 0) is 0 Å². The zero-order chi connectivity index (χ0) is 21.4. The molecule has 0 amide bonds. The predicted molar refractivity (Wildman–Crippen MR) is 123 cm³/mol. The number of nitrogens with zero attached hydrogens (tertiary/aromatic N) is 5. The first-order chi connectivity index (χ1) is 15.0. The number of piperidine rings is 1. The molecule has 3 aromatic heterocycles. The van der Waals surface area contributed by atoms with E-state index >= 15 is 0 Å². The van der Waals surface area contributed by atoms with Crippen LogP contribution in [0.2, 0.25) is 0 Å². The van der Waals surface area contributed by atoms with Crippen LogP contribution in [0.3, 0.4) is 0 Å². The van der Waals surface area contributed by atoms with E-state index in [2.05, 4.69) is 53.2 Å². The molecule has 1 saturated heterocycles. The van der Waals surface area contributed by atoms with Gasteiger partial charge >= 0.3 is 0 Å². The predicted octanol–water partition coefficient (Wildman–Crippen LogP) is 5.23. The zero-order valence-corrected chi connectivity index (χ0v) is 19.2. The molecule has 6 nitrogen and oxygen atoms in total. The van der Waals surface area contributed by atoms with Crippen LogP contribution in [0.25, 0.3) is 10.9 Å². The van der Waals surface area contributed by atoms with Gasteiger partial charge < -0.3 is 14.2 Å². The van der Waals surface area contributed by atoms with Crippen molar-refractivity contribution in [1.29, 1.82) is 0 Å². The molecule has 0 aromatic carbocycles. The normalized spacial score (nSPS) is 20.3. The molecule has 1 aliphatic heterocycles. The molecular weight excluding hydrogens is 515 g/mol. The van der Waals surface area contributed by atoms with Crippen LogP contribution < -0.4 is 9.64 Å². The highest BCUT2D eigenvalue weighted by molar-refractivity contribution is 14.1. The maximum atomic E-state index is 13.6. The fourth-order valence-electron chi connectivity index (χ4n) is 4.55. The maximum Gasteiger partial charge on any atom is 0.248 e. The van der Waals surface area contributed by atoms with E-state index in [0.717, 1.165) is 46.4 Å². The minimum absolute atomic E-state index is 0.0495. The Hall–Kier alpha value is -2.04. The van der Waals surface area contributed by atoms with Gasteiger partial charge in [-0.3, -0.25) is 0 Å². The van der Waals surface area contributed by atoms with Crippen LogP contribution >= 0.6 is 22.6 Å². The highest BCUT2D eigenvalue weighted by atomic mass is 127. The molecule has 5 rings (SSSR count). The average Bonchev–Trinajstić information content (AvgIpc) is 3.11. The second-order valence-electron chi connectivity index (χ2n) is 8.36. The van der Waals surface area contributed by atoms with Crippen LogP contribution in [0.15, 0.2) is 36.9 Å². The lowest BCUT2D eigenvalue weighted by Gasteiger charge is -2.32. The number of rotatable bonds is 4. The smallest absolute Gasteiger partial charge is 0.248 e. The van der Waals surface area contributed by atoms with Crippen molar-refractivity contribution in [3.8, 4) is 5.88 Å². The van der Waals surface area contributed by atoms with Crippen molar-refractivity contribution in [1.82, 2.24) is 19.5 Å². The van der Waals surface area contributed by atoms with Gasteiger partial charge in [-0.25, -0.2) is 23.7 Å². The van der Waals surface area contributed by atoms with E-state index in [1.54, 1.807) is 12.4 Å². The minimum Gasteiger partial charge on any atom is -0.474 e. The van der Waals surface area contributed by atoms with Crippen LogP contribution in [-0.4, -0.2) is 44.6 Å². The van der Waals surface area contributed by atoms with Crippen molar-refractivity contribution < 1.29 is 13.5 Å². The highest BCUT2D eigenvalue weighted by Crippen LogP contribution is 2.40. The molecule has 0 N–H and O–H groups in total. The molecule has 0 spiro atoms. The molecular formula is C22H24F2IN5O. The monoisotopic (exact) mass is 539 g/mol. The van der Waals surface area contributed by atoms with Crippen molar-refractivity contribution in [2.75, 3.05) is 18.0 Å². The number of hydrogen-bond acceptors (Lipinski definition) is 5. The molecule has 1 saturated carbocycles. The molecule has 0 atom stereocenters. The van der Waals surface area contributed by atoms with Crippen molar-refractivity contribution >= 4 is 39.4 Å². The Kier molecular flexibility index (Phi) is 5.70. The Bertz CT molecular complexity index is 1040. The van der Waals surface area contributed by atoms with E-state index in [-0.39, 0.29) is 25.0 Å². The lowest BCUT2D eigenvalue weighted by molar-refractivity contribution is -0.0436. The standard InChI is InChI=1S/C22H24F2IN5O/c23-22(24)6-2-15(3-7-22)30-14-18(25)17-13-28-20(12-19(17)30)31-16-4-10-29(11-5-16)21-26-8-1-9-27-21/h1,8-9,12-16H,2-7,10-11H2. The fraction of sp³-hybridized carbons (Fsp3) is 0.500. The van der Waals surface area contributed by atoms with Crippen LogP contribution in [0, 0.1) is 3.57 Å². The fourth-order valence-corrected chi connectivity index (χ4v) is 5.27. The Morgan fingerprint density at radius 1 is 1.03 bits per heavy atom. The summed E-state index contributed by atoms with van der Waals surface area (Å²) < 4.78 is 36.7. The van der Waals surface area contributed by atoms with Gasteiger partial charge in [-0.05, 0) is 41.5 Å². The lowest BCUT2D eigenvalue weighted by Crippen LogP contribution is -2.39. The second-order valence-corrected chi connectivity index (χ2v) is 9.53. The van der Waals surface area contributed by atoms with E-state index in [1.807, 2.05) is 18.3 Å². The van der Waals surface area contributed by atoms with Gasteiger partial charge in [0.05, 0.1) is 5.52 Å². The zero-order valence-electron chi connectivity index (χ0n) is 17.1. The van der Waals surface area contributed by atoms with Gasteiger partial charge in [0.25, 0.3) is 0 Å². The van der Waals surface area contributed by atoms with Crippen molar-refractivity contribution in [2.24, 2.45) is 0 Å². The summed E-state index contributed by atoms with van der Waals surface area (Å²) >= 11 is 2.29. The van der Waals surface area contributed by atoms with Crippen LogP contribution in [0.4, 0.5) is 14.7 Å². The first-order valence-electron chi connectivity index (χ1n) is 10.7. The summed E-state index contributed by atoms with van der Waals surface area (Å²) in [4.78, 5) is 15.3. The molecule has 9 heteroatoms. The molecule has 164 valence electrons. The number of ether oxygens (including phenoxy) is 1. The molecule has 31 heavy (non-hydrogen) atoms. The summed E-state index contributed by atoms with van der Waals surface area (Å²) in [5.74, 6) is -1.17. The number of pyridine rings is 1. The van der Waals surface area contributed by atoms with Gasteiger partial charge in [-0.1, -0.05) is 0 Å². The number of aromatic nitrogens is 4. The van der Waals surface area contributed by atoms with Gasteiger partial charge in [-0.15, -0.1) is 0 Å². The van der Waals surface area contributed by atoms with Gasteiger partial charge in [0.15, 0.2) is 0 Å². The summed E-state index contributed by atoms with van der Waals surface area (Å²) in [7, 11) is 0. The molecule has 2 aliphatic rings. The van der Waals surface area contributed by atoms with Gasteiger partial charge in [-0.2, -0.15) is 0 Å². The third-order valence-electron chi connectivity index (χ3n) is 6.29. The third kappa shape index (κ3) is 4.47. The Labute approximate surface area is 193 Å².